The van der Waals surface area contributed by atoms with Crippen molar-refractivity contribution in [2.24, 2.45) is 5.92 Å². The lowest BCUT2D eigenvalue weighted by Crippen LogP contribution is -2.65. The average molecular weight is 500 g/mol. The zero-order valence-electron chi connectivity index (χ0n) is 18.8. The lowest BCUT2D eigenvalue weighted by molar-refractivity contribution is -0.370. The minimum Gasteiger partial charge on any atom is -0.394 e. The van der Waals surface area contributed by atoms with E-state index in [-0.39, 0.29) is 0 Å². The van der Waals surface area contributed by atoms with Crippen LogP contribution in [0.4, 0.5) is 0 Å². The minimum absolute atomic E-state index is 0.563. The first-order valence-electron chi connectivity index (χ1n) is 11.2. The third kappa shape index (κ3) is 5.40. The zero-order valence-corrected chi connectivity index (χ0v) is 18.8. The van der Waals surface area contributed by atoms with Crippen molar-refractivity contribution in [3.05, 3.63) is 0 Å². The van der Waals surface area contributed by atoms with E-state index in [1.165, 1.54) is 13.8 Å². The molecule has 15 atom stereocenters. The van der Waals surface area contributed by atoms with Gasteiger partial charge < -0.3 is 69.6 Å². The maximum absolute atomic E-state index is 10.7. The van der Waals surface area contributed by atoms with Crippen LogP contribution in [-0.2, 0) is 23.7 Å². The van der Waals surface area contributed by atoms with E-state index in [1.807, 2.05) is 0 Å². The summed E-state index contributed by atoms with van der Waals surface area (Å²) < 4.78 is 27.5. The largest absolute Gasteiger partial charge is 0.394 e. The van der Waals surface area contributed by atoms with Crippen LogP contribution < -0.4 is 0 Å². The highest BCUT2D eigenvalue weighted by atomic mass is 16.7. The van der Waals surface area contributed by atoms with E-state index in [4.69, 9.17) is 23.7 Å². The molecule has 0 aromatic heterocycles. The van der Waals surface area contributed by atoms with Crippen molar-refractivity contribution in [1.82, 2.24) is 0 Å². The summed E-state index contributed by atoms with van der Waals surface area (Å²) in [6.07, 6.45) is -19.0. The highest BCUT2D eigenvalue weighted by Gasteiger charge is 2.52. The molecule has 34 heavy (non-hydrogen) atoms. The van der Waals surface area contributed by atoms with Crippen LogP contribution in [0, 0.1) is 5.92 Å². The van der Waals surface area contributed by atoms with Crippen LogP contribution in [0.15, 0.2) is 0 Å². The summed E-state index contributed by atoms with van der Waals surface area (Å²) in [5.74, 6) is -0.761. The first-order valence-corrected chi connectivity index (χ1v) is 11.2. The predicted octanol–water partition coefficient (Wildman–Crippen LogP) is -5.23. The SMILES string of the molecule is CC1OC(CO)C(OC2OC(CO)C(OC3OC(CO)C(O)C(C)C3O)C(O)C2O)C(O)C1O. The molecule has 14 nitrogen and oxygen atoms in total. The fourth-order valence-electron chi connectivity index (χ4n) is 4.47. The summed E-state index contributed by atoms with van der Waals surface area (Å²) in [6, 6.07) is 0. The Balaban J connectivity index is 1.72. The van der Waals surface area contributed by atoms with Gasteiger partial charge in [0.05, 0.1) is 32.0 Å². The van der Waals surface area contributed by atoms with Gasteiger partial charge in [-0.05, 0) is 6.92 Å². The first kappa shape index (κ1) is 28.0. The van der Waals surface area contributed by atoms with Crippen molar-refractivity contribution in [3.63, 3.8) is 0 Å². The Morgan fingerprint density at radius 1 is 0.529 bits per heavy atom. The second kappa shape index (κ2) is 11.7. The van der Waals surface area contributed by atoms with Crippen molar-refractivity contribution < 1.29 is 69.6 Å². The molecule has 3 saturated heterocycles. The summed E-state index contributed by atoms with van der Waals surface area (Å²) in [4.78, 5) is 0. The van der Waals surface area contributed by atoms with Crippen LogP contribution in [-0.4, -0.2) is 152 Å². The van der Waals surface area contributed by atoms with Crippen LogP contribution in [0.2, 0.25) is 0 Å². The van der Waals surface area contributed by atoms with Gasteiger partial charge in [0.2, 0.25) is 0 Å². The van der Waals surface area contributed by atoms with Gasteiger partial charge >= 0.3 is 0 Å². The van der Waals surface area contributed by atoms with E-state index >= 15 is 0 Å². The molecular formula is C20H36O14. The molecule has 15 unspecified atom stereocenters. The lowest BCUT2D eigenvalue weighted by Gasteiger charge is -2.48. The van der Waals surface area contributed by atoms with Gasteiger partial charge in [0, 0.05) is 5.92 Å². The molecule has 0 aromatic rings. The highest BCUT2D eigenvalue weighted by Crippen LogP contribution is 2.33. The molecule has 3 aliphatic rings. The van der Waals surface area contributed by atoms with Gasteiger partial charge in [0.1, 0.15) is 61.0 Å². The summed E-state index contributed by atoms with van der Waals surface area (Å²) in [5.41, 5.74) is 0. The topological polar surface area (TPSA) is 228 Å². The van der Waals surface area contributed by atoms with Crippen molar-refractivity contribution in [1.29, 1.82) is 0 Å². The van der Waals surface area contributed by atoms with Crippen molar-refractivity contribution in [2.75, 3.05) is 19.8 Å². The van der Waals surface area contributed by atoms with E-state index in [2.05, 4.69) is 0 Å². The Morgan fingerprint density at radius 2 is 0.971 bits per heavy atom. The van der Waals surface area contributed by atoms with E-state index in [1.54, 1.807) is 0 Å². The summed E-state index contributed by atoms with van der Waals surface area (Å²) in [6.45, 7) is 1.15. The maximum atomic E-state index is 10.7. The van der Waals surface area contributed by atoms with Gasteiger partial charge in [0.15, 0.2) is 12.6 Å². The second-order valence-electron chi connectivity index (χ2n) is 9.02. The molecule has 0 spiro atoms. The summed E-state index contributed by atoms with van der Waals surface area (Å²) in [7, 11) is 0. The number of ether oxygens (including phenoxy) is 5. The maximum Gasteiger partial charge on any atom is 0.187 e. The molecule has 14 heteroatoms. The first-order chi connectivity index (χ1) is 16.0. The van der Waals surface area contributed by atoms with E-state index in [9.17, 15) is 46.0 Å². The van der Waals surface area contributed by atoms with Crippen LogP contribution in [0.1, 0.15) is 13.8 Å². The van der Waals surface area contributed by atoms with Crippen molar-refractivity contribution in [2.45, 2.75) is 99.7 Å². The molecule has 0 aliphatic carbocycles. The number of rotatable bonds is 7. The average Bonchev–Trinajstić information content (AvgIpc) is 2.83. The number of aliphatic hydroxyl groups excluding tert-OH is 9. The molecular weight excluding hydrogens is 464 g/mol. The van der Waals surface area contributed by atoms with Crippen LogP contribution in [0.25, 0.3) is 0 Å². The molecule has 0 saturated carbocycles. The number of aliphatic hydroxyl groups is 9. The molecule has 0 bridgehead atoms. The predicted molar refractivity (Wildman–Crippen MR) is 108 cm³/mol. The summed E-state index contributed by atoms with van der Waals surface area (Å²) >= 11 is 0. The highest BCUT2D eigenvalue weighted by molar-refractivity contribution is 4.96. The third-order valence-electron chi connectivity index (χ3n) is 6.73. The molecule has 9 N–H and O–H groups in total. The number of hydrogen-bond acceptors (Lipinski definition) is 14. The smallest absolute Gasteiger partial charge is 0.187 e. The molecule has 3 heterocycles. The third-order valence-corrected chi connectivity index (χ3v) is 6.73. The second-order valence-corrected chi connectivity index (χ2v) is 9.02. The number of hydrogen-bond donors (Lipinski definition) is 9. The molecule has 3 fully saturated rings. The molecule has 0 aromatic carbocycles. The molecule has 200 valence electrons. The van der Waals surface area contributed by atoms with Gasteiger partial charge in [-0.3, -0.25) is 0 Å². The normalized spacial score (nSPS) is 52.5. The van der Waals surface area contributed by atoms with Gasteiger partial charge in [-0.2, -0.15) is 0 Å². The monoisotopic (exact) mass is 500 g/mol. The van der Waals surface area contributed by atoms with Crippen LogP contribution in [0.3, 0.4) is 0 Å². The standard InChI is InChI=1S/C20H36O14/c1-6-11(24)8(3-21)31-19(12(6)25)33-18-10(5-23)32-20(16(29)15(18)28)34-17-9(4-22)30-7(2)13(26)14(17)27/h6-29H,3-5H2,1-2H3. The lowest BCUT2D eigenvalue weighted by atomic mass is 9.90. The Morgan fingerprint density at radius 3 is 1.50 bits per heavy atom. The van der Waals surface area contributed by atoms with Crippen LogP contribution in [0.5, 0.6) is 0 Å². The minimum atomic E-state index is -1.78. The Hall–Kier alpha value is -0.560. The van der Waals surface area contributed by atoms with Gasteiger partial charge in [-0.25, -0.2) is 0 Å². The molecule has 0 radical (unpaired) electrons. The van der Waals surface area contributed by atoms with E-state index in [0.29, 0.717) is 0 Å². The zero-order chi connectivity index (χ0) is 25.3. The van der Waals surface area contributed by atoms with Crippen LogP contribution >= 0.6 is 0 Å². The quantitative estimate of drug-likeness (QED) is 0.159. The molecule has 3 aliphatic heterocycles. The van der Waals surface area contributed by atoms with Crippen molar-refractivity contribution in [3.8, 4) is 0 Å². The van der Waals surface area contributed by atoms with Gasteiger partial charge in [0.25, 0.3) is 0 Å². The Kier molecular flexibility index (Phi) is 9.61. The fourth-order valence-corrected chi connectivity index (χ4v) is 4.47. The van der Waals surface area contributed by atoms with E-state index in [0.717, 1.165) is 0 Å². The summed E-state index contributed by atoms with van der Waals surface area (Å²) in [5, 5.41) is 91.1. The molecule has 3 rings (SSSR count). The molecule has 0 amide bonds. The Labute approximate surface area is 195 Å². The van der Waals surface area contributed by atoms with Gasteiger partial charge in [-0.15, -0.1) is 0 Å². The van der Waals surface area contributed by atoms with Gasteiger partial charge in [-0.1, -0.05) is 6.92 Å². The Bertz CT molecular complexity index is 634. The van der Waals surface area contributed by atoms with Crippen molar-refractivity contribution >= 4 is 0 Å². The fraction of sp³-hybridized carbons (Fsp3) is 1.00. The van der Waals surface area contributed by atoms with E-state index < -0.39 is 112 Å².